The summed E-state index contributed by atoms with van der Waals surface area (Å²) in [4.78, 5) is 14.1. The number of aliphatic hydroxyl groups is 1. The van der Waals surface area contributed by atoms with E-state index < -0.39 is 5.82 Å². The minimum atomic E-state index is -0.650. The van der Waals surface area contributed by atoms with Crippen LogP contribution in [-0.2, 0) is 0 Å². The Labute approximate surface area is 127 Å². The van der Waals surface area contributed by atoms with Gasteiger partial charge in [-0.05, 0) is 37.3 Å². The van der Waals surface area contributed by atoms with Gasteiger partial charge in [-0.3, -0.25) is 4.79 Å². The molecule has 0 bridgehead atoms. The highest BCUT2D eigenvalue weighted by molar-refractivity contribution is 6.36. The Hall–Kier alpha value is -0.840. The maximum atomic E-state index is 13.5. The van der Waals surface area contributed by atoms with E-state index in [4.69, 9.17) is 28.3 Å². The van der Waals surface area contributed by atoms with E-state index in [0.717, 1.165) is 18.9 Å². The number of hydrogen-bond acceptors (Lipinski definition) is 2. The van der Waals surface area contributed by atoms with Gasteiger partial charge in [-0.1, -0.05) is 23.2 Å². The SMILES string of the molecule is O=C(c1cc(F)c(Cl)cc1Cl)N1CCCC(CCO)C1. The van der Waals surface area contributed by atoms with Crippen LogP contribution in [0, 0.1) is 11.7 Å². The third-order valence-electron chi connectivity index (χ3n) is 3.58. The molecular weight excluding hydrogens is 304 g/mol. The second-order valence-corrected chi connectivity index (χ2v) is 5.83. The number of carbonyl (C=O) groups excluding carboxylic acids is 1. The number of amides is 1. The lowest BCUT2D eigenvalue weighted by molar-refractivity contribution is 0.0653. The molecule has 1 amide bonds. The van der Waals surface area contributed by atoms with E-state index in [1.807, 2.05) is 0 Å². The molecule has 0 saturated carbocycles. The molecule has 1 heterocycles. The Morgan fingerprint density at radius 3 is 2.85 bits per heavy atom. The minimum absolute atomic E-state index is 0.0941. The van der Waals surface area contributed by atoms with Crippen LogP contribution < -0.4 is 0 Å². The van der Waals surface area contributed by atoms with E-state index in [-0.39, 0.29) is 34.0 Å². The van der Waals surface area contributed by atoms with Crippen LogP contribution in [0.2, 0.25) is 10.0 Å². The van der Waals surface area contributed by atoms with Crippen LogP contribution in [0.5, 0.6) is 0 Å². The van der Waals surface area contributed by atoms with Crippen LogP contribution in [0.25, 0.3) is 0 Å². The molecule has 0 aromatic heterocycles. The Morgan fingerprint density at radius 1 is 1.40 bits per heavy atom. The van der Waals surface area contributed by atoms with Gasteiger partial charge in [0.1, 0.15) is 5.82 Å². The van der Waals surface area contributed by atoms with Crippen molar-refractivity contribution in [3.8, 4) is 0 Å². The van der Waals surface area contributed by atoms with Gasteiger partial charge in [-0.15, -0.1) is 0 Å². The van der Waals surface area contributed by atoms with Crippen LogP contribution >= 0.6 is 23.2 Å². The normalized spacial score (nSPS) is 19.2. The first-order chi connectivity index (χ1) is 9.52. The number of halogens is 3. The van der Waals surface area contributed by atoms with Crippen molar-refractivity contribution in [1.29, 1.82) is 0 Å². The van der Waals surface area contributed by atoms with Crippen LogP contribution in [0.15, 0.2) is 12.1 Å². The highest BCUT2D eigenvalue weighted by Crippen LogP contribution is 2.27. The van der Waals surface area contributed by atoms with Crippen molar-refractivity contribution in [2.45, 2.75) is 19.3 Å². The zero-order valence-corrected chi connectivity index (χ0v) is 12.4. The number of carbonyl (C=O) groups is 1. The van der Waals surface area contributed by atoms with Crippen molar-refractivity contribution in [3.63, 3.8) is 0 Å². The first-order valence-corrected chi connectivity index (χ1v) is 7.33. The fourth-order valence-electron chi connectivity index (χ4n) is 2.52. The molecule has 1 aromatic rings. The van der Waals surface area contributed by atoms with Crippen LogP contribution in [0.4, 0.5) is 4.39 Å². The molecule has 0 spiro atoms. The summed E-state index contributed by atoms with van der Waals surface area (Å²) < 4.78 is 13.5. The number of nitrogens with zero attached hydrogens (tertiary/aromatic N) is 1. The first kappa shape index (κ1) is 15.5. The predicted molar refractivity (Wildman–Crippen MR) is 76.8 cm³/mol. The second kappa shape index (κ2) is 6.74. The second-order valence-electron chi connectivity index (χ2n) is 5.02. The molecule has 1 atom stereocenters. The van der Waals surface area contributed by atoms with Gasteiger partial charge in [0, 0.05) is 19.7 Å². The fraction of sp³-hybridized carbons (Fsp3) is 0.500. The molecule has 0 radical (unpaired) electrons. The molecular formula is C14H16Cl2FNO2. The summed E-state index contributed by atoms with van der Waals surface area (Å²) in [5.41, 5.74) is 0.137. The molecule has 110 valence electrons. The average Bonchev–Trinajstić information content (AvgIpc) is 2.43. The van der Waals surface area contributed by atoms with E-state index >= 15 is 0 Å². The van der Waals surface area contributed by atoms with Crippen molar-refractivity contribution >= 4 is 29.1 Å². The molecule has 1 aliphatic rings. The van der Waals surface area contributed by atoms with Gasteiger partial charge >= 0.3 is 0 Å². The van der Waals surface area contributed by atoms with E-state index in [1.54, 1.807) is 4.90 Å². The Morgan fingerprint density at radius 2 is 2.15 bits per heavy atom. The lowest BCUT2D eigenvalue weighted by atomic mass is 9.94. The number of aliphatic hydroxyl groups excluding tert-OH is 1. The number of hydrogen-bond donors (Lipinski definition) is 1. The molecule has 1 saturated heterocycles. The molecule has 1 aliphatic heterocycles. The van der Waals surface area contributed by atoms with E-state index in [0.29, 0.717) is 19.5 Å². The zero-order valence-electron chi connectivity index (χ0n) is 10.9. The van der Waals surface area contributed by atoms with Crippen molar-refractivity contribution < 1.29 is 14.3 Å². The molecule has 1 aromatic carbocycles. The topological polar surface area (TPSA) is 40.5 Å². The number of piperidine rings is 1. The van der Waals surface area contributed by atoms with E-state index in [1.165, 1.54) is 6.07 Å². The average molecular weight is 320 g/mol. The Bertz CT molecular complexity index is 508. The largest absolute Gasteiger partial charge is 0.396 e. The molecule has 0 aliphatic carbocycles. The fourth-order valence-corrected chi connectivity index (χ4v) is 2.99. The van der Waals surface area contributed by atoms with E-state index in [9.17, 15) is 9.18 Å². The van der Waals surface area contributed by atoms with Gasteiger partial charge in [0.25, 0.3) is 5.91 Å². The van der Waals surface area contributed by atoms with Crippen molar-refractivity contribution in [3.05, 3.63) is 33.6 Å². The smallest absolute Gasteiger partial charge is 0.255 e. The molecule has 2 rings (SSSR count). The lowest BCUT2D eigenvalue weighted by Crippen LogP contribution is -2.40. The molecule has 3 nitrogen and oxygen atoms in total. The summed E-state index contributed by atoms with van der Waals surface area (Å²) in [7, 11) is 0. The third-order valence-corrected chi connectivity index (χ3v) is 4.19. The molecule has 20 heavy (non-hydrogen) atoms. The quantitative estimate of drug-likeness (QED) is 0.868. The third kappa shape index (κ3) is 3.43. The summed E-state index contributed by atoms with van der Waals surface area (Å²) in [5.74, 6) is -0.648. The highest BCUT2D eigenvalue weighted by Gasteiger charge is 2.26. The van der Waals surface area contributed by atoms with Crippen molar-refractivity contribution in [2.75, 3.05) is 19.7 Å². The number of likely N-dealkylation sites (tertiary alicyclic amines) is 1. The van der Waals surface area contributed by atoms with Gasteiger partial charge in [0.2, 0.25) is 0 Å². The number of benzene rings is 1. The lowest BCUT2D eigenvalue weighted by Gasteiger charge is -2.32. The van der Waals surface area contributed by atoms with Crippen LogP contribution in [-0.4, -0.2) is 35.6 Å². The Balaban J connectivity index is 2.16. The van der Waals surface area contributed by atoms with Gasteiger partial charge in [-0.2, -0.15) is 0 Å². The van der Waals surface area contributed by atoms with Gasteiger partial charge in [0.15, 0.2) is 0 Å². The van der Waals surface area contributed by atoms with Gasteiger partial charge in [0.05, 0.1) is 15.6 Å². The minimum Gasteiger partial charge on any atom is -0.396 e. The summed E-state index contributed by atoms with van der Waals surface area (Å²) in [5, 5.41) is 9.05. The zero-order chi connectivity index (χ0) is 14.7. The van der Waals surface area contributed by atoms with Gasteiger partial charge < -0.3 is 10.0 Å². The Kier molecular flexibility index (Phi) is 5.24. The maximum absolute atomic E-state index is 13.5. The van der Waals surface area contributed by atoms with Gasteiger partial charge in [-0.25, -0.2) is 4.39 Å². The number of rotatable bonds is 3. The standard InChI is InChI=1S/C14H16Cl2FNO2/c15-11-7-12(16)13(17)6-10(11)14(20)18-4-1-2-9(8-18)3-5-19/h6-7,9,19H,1-5,8H2. The summed E-state index contributed by atoms with van der Waals surface area (Å²) in [6.07, 6.45) is 2.55. The predicted octanol–water partition coefficient (Wildman–Crippen LogP) is 3.37. The highest BCUT2D eigenvalue weighted by atomic mass is 35.5. The molecule has 6 heteroatoms. The monoisotopic (exact) mass is 319 g/mol. The summed E-state index contributed by atoms with van der Waals surface area (Å²) in [6.45, 7) is 1.31. The van der Waals surface area contributed by atoms with Crippen LogP contribution in [0.1, 0.15) is 29.6 Å². The van der Waals surface area contributed by atoms with E-state index in [2.05, 4.69) is 0 Å². The maximum Gasteiger partial charge on any atom is 0.255 e. The first-order valence-electron chi connectivity index (χ1n) is 6.57. The summed E-state index contributed by atoms with van der Waals surface area (Å²) >= 11 is 11.6. The molecule has 1 unspecified atom stereocenters. The molecule has 1 N–H and O–H groups in total. The summed E-state index contributed by atoms with van der Waals surface area (Å²) in [6, 6.07) is 2.34. The van der Waals surface area contributed by atoms with Crippen molar-refractivity contribution in [2.24, 2.45) is 5.92 Å². The molecule has 1 fully saturated rings. The van der Waals surface area contributed by atoms with Crippen molar-refractivity contribution in [1.82, 2.24) is 4.90 Å². The van der Waals surface area contributed by atoms with Crippen LogP contribution in [0.3, 0.4) is 0 Å².